The lowest BCUT2D eigenvalue weighted by Gasteiger charge is -2.26. The first-order chi connectivity index (χ1) is 11.3. The molecule has 1 aromatic carbocycles. The number of hydrogen-bond donors (Lipinski definition) is 2. The summed E-state index contributed by atoms with van der Waals surface area (Å²) in [6.45, 7) is 0.984. The normalized spacial score (nSPS) is 20.7. The first kappa shape index (κ1) is 14.0. The molecule has 1 unspecified atom stereocenters. The third-order valence-electron chi connectivity index (χ3n) is 4.08. The van der Waals surface area contributed by atoms with E-state index in [2.05, 4.69) is 20.4 Å². The van der Waals surface area contributed by atoms with E-state index in [0.717, 1.165) is 36.5 Å². The fourth-order valence-electron chi connectivity index (χ4n) is 2.70. The fraction of sp³-hybridized carbons (Fsp3) is 0.438. The van der Waals surface area contributed by atoms with Gasteiger partial charge < -0.3 is 20.3 Å². The fourth-order valence-corrected chi connectivity index (χ4v) is 2.70. The molecular formula is C16H19N5O2. The lowest BCUT2D eigenvalue weighted by molar-refractivity contribution is 0.262. The van der Waals surface area contributed by atoms with Gasteiger partial charge in [-0.25, -0.2) is 4.99 Å². The highest BCUT2D eigenvalue weighted by Gasteiger charge is 2.29. The molecule has 0 saturated heterocycles. The summed E-state index contributed by atoms with van der Waals surface area (Å²) in [5.74, 6) is 3.03. The minimum Gasteiger partial charge on any atom is -0.493 e. The van der Waals surface area contributed by atoms with Crippen LogP contribution in [0.5, 0.6) is 5.75 Å². The van der Waals surface area contributed by atoms with Crippen LogP contribution in [0.3, 0.4) is 0 Å². The number of fused-ring (bicyclic) bond motifs is 1. The van der Waals surface area contributed by atoms with Crippen molar-refractivity contribution in [2.24, 2.45) is 10.7 Å². The predicted octanol–water partition coefficient (Wildman–Crippen LogP) is 1.88. The zero-order chi connectivity index (χ0) is 15.6. The molecule has 2 aromatic rings. The van der Waals surface area contributed by atoms with Gasteiger partial charge >= 0.3 is 0 Å². The molecule has 1 aromatic heterocycles. The molecule has 4 rings (SSSR count). The van der Waals surface area contributed by atoms with Gasteiger partial charge in [0.15, 0.2) is 11.8 Å². The summed E-state index contributed by atoms with van der Waals surface area (Å²) >= 11 is 0. The van der Waals surface area contributed by atoms with Crippen LogP contribution in [0.4, 0.5) is 0 Å². The number of aliphatic imine (C=N–C) groups is 1. The molecule has 2 heterocycles. The van der Waals surface area contributed by atoms with E-state index in [1.807, 2.05) is 24.3 Å². The van der Waals surface area contributed by atoms with Crippen molar-refractivity contribution in [3.63, 3.8) is 0 Å². The number of rotatable bonds is 4. The maximum Gasteiger partial charge on any atom is 0.229 e. The molecule has 0 radical (unpaired) electrons. The van der Waals surface area contributed by atoms with Crippen LogP contribution in [0.2, 0.25) is 0 Å². The maximum absolute atomic E-state index is 6.00. The number of ether oxygens (including phenoxy) is 1. The van der Waals surface area contributed by atoms with Crippen LogP contribution in [0.25, 0.3) is 0 Å². The highest BCUT2D eigenvalue weighted by molar-refractivity contribution is 5.78. The number of para-hydroxylation sites is 1. The van der Waals surface area contributed by atoms with E-state index in [-0.39, 0.29) is 6.04 Å². The Kier molecular flexibility index (Phi) is 3.61. The summed E-state index contributed by atoms with van der Waals surface area (Å²) in [5, 5.41) is 7.18. The highest BCUT2D eigenvalue weighted by Crippen LogP contribution is 2.38. The van der Waals surface area contributed by atoms with Crippen molar-refractivity contribution < 1.29 is 9.26 Å². The van der Waals surface area contributed by atoms with Crippen LogP contribution in [-0.4, -0.2) is 22.7 Å². The van der Waals surface area contributed by atoms with E-state index in [4.69, 9.17) is 15.0 Å². The molecule has 7 nitrogen and oxygen atoms in total. The predicted molar refractivity (Wildman–Crippen MR) is 84.0 cm³/mol. The molecule has 2 aliphatic rings. The zero-order valence-corrected chi connectivity index (χ0v) is 12.7. The van der Waals surface area contributed by atoms with Crippen LogP contribution in [0.15, 0.2) is 33.8 Å². The van der Waals surface area contributed by atoms with Crippen molar-refractivity contribution in [3.05, 3.63) is 41.5 Å². The van der Waals surface area contributed by atoms with Gasteiger partial charge in [-0.05, 0) is 18.9 Å². The highest BCUT2D eigenvalue weighted by atomic mass is 16.5. The number of nitrogens with zero attached hydrogens (tertiary/aromatic N) is 3. The van der Waals surface area contributed by atoms with Crippen molar-refractivity contribution >= 4 is 5.96 Å². The topological polar surface area (TPSA) is 98.6 Å². The van der Waals surface area contributed by atoms with Gasteiger partial charge in [-0.2, -0.15) is 4.98 Å². The van der Waals surface area contributed by atoms with Crippen LogP contribution in [0, 0.1) is 0 Å². The van der Waals surface area contributed by atoms with Gasteiger partial charge in [0.1, 0.15) is 12.3 Å². The van der Waals surface area contributed by atoms with E-state index >= 15 is 0 Å². The lowest BCUT2D eigenvalue weighted by Crippen LogP contribution is -2.37. The Morgan fingerprint density at radius 1 is 1.30 bits per heavy atom. The molecule has 3 N–H and O–H groups in total. The van der Waals surface area contributed by atoms with Crippen molar-refractivity contribution in [3.8, 4) is 5.75 Å². The summed E-state index contributed by atoms with van der Waals surface area (Å²) in [7, 11) is 0. The second-order valence-electron chi connectivity index (χ2n) is 5.90. The van der Waals surface area contributed by atoms with Crippen molar-refractivity contribution in [1.29, 1.82) is 0 Å². The number of nitrogens with two attached hydrogens (primary N) is 1. The Morgan fingerprint density at radius 3 is 3.04 bits per heavy atom. The standard InChI is InChI=1S/C16H19N5O2/c17-16(18-9-14-20-15(23-21-14)10-5-6-10)19-12-7-8-22-13-4-2-1-3-11(12)13/h1-4,10,12H,5-9H2,(H3,17,18,19). The van der Waals surface area contributed by atoms with Crippen LogP contribution in [-0.2, 0) is 6.54 Å². The average molecular weight is 313 g/mol. The Bertz CT molecular complexity index is 723. The lowest BCUT2D eigenvalue weighted by atomic mass is 10.0. The molecule has 23 heavy (non-hydrogen) atoms. The third kappa shape index (κ3) is 3.13. The van der Waals surface area contributed by atoms with Crippen LogP contribution in [0.1, 0.15) is 48.5 Å². The Morgan fingerprint density at radius 2 is 2.17 bits per heavy atom. The zero-order valence-electron chi connectivity index (χ0n) is 12.7. The quantitative estimate of drug-likeness (QED) is 0.660. The SMILES string of the molecule is NC(=NCc1noc(C2CC2)n1)NC1CCOc2ccccc21. The smallest absolute Gasteiger partial charge is 0.229 e. The number of guanidine groups is 1. The molecule has 1 saturated carbocycles. The first-order valence-corrected chi connectivity index (χ1v) is 7.90. The Balaban J connectivity index is 1.40. The summed E-state index contributed by atoms with van der Waals surface area (Å²) in [6, 6.07) is 8.08. The molecule has 1 aliphatic carbocycles. The molecule has 7 heteroatoms. The maximum atomic E-state index is 6.00. The summed E-state index contributed by atoms with van der Waals surface area (Å²) in [6.07, 6.45) is 3.12. The van der Waals surface area contributed by atoms with E-state index in [1.54, 1.807) is 0 Å². The summed E-state index contributed by atoms with van der Waals surface area (Å²) in [4.78, 5) is 8.65. The number of nitrogens with one attached hydrogen (secondary N) is 1. The van der Waals surface area contributed by atoms with Gasteiger partial charge in [-0.15, -0.1) is 0 Å². The average Bonchev–Trinajstić information content (AvgIpc) is 3.32. The molecule has 120 valence electrons. The minimum atomic E-state index is 0.107. The number of aromatic nitrogens is 2. The van der Waals surface area contributed by atoms with Gasteiger partial charge in [-0.1, -0.05) is 23.4 Å². The Hall–Kier alpha value is -2.57. The van der Waals surface area contributed by atoms with Crippen LogP contribution >= 0.6 is 0 Å². The van der Waals surface area contributed by atoms with Gasteiger partial charge in [0.25, 0.3) is 0 Å². The Labute approximate surface area is 133 Å². The van der Waals surface area contributed by atoms with Gasteiger partial charge in [0.2, 0.25) is 5.89 Å². The first-order valence-electron chi connectivity index (χ1n) is 7.90. The van der Waals surface area contributed by atoms with E-state index in [1.165, 1.54) is 0 Å². The molecule has 1 aliphatic heterocycles. The summed E-state index contributed by atoms with van der Waals surface area (Å²) in [5.41, 5.74) is 7.10. The minimum absolute atomic E-state index is 0.107. The number of hydrogen-bond acceptors (Lipinski definition) is 5. The molecule has 0 amide bonds. The molecule has 0 spiro atoms. The van der Waals surface area contributed by atoms with Gasteiger partial charge in [-0.3, -0.25) is 0 Å². The van der Waals surface area contributed by atoms with Crippen molar-refractivity contribution in [1.82, 2.24) is 15.5 Å². The molecule has 1 fully saturated rings. The monoisotopic (exact) mass is 313 g/mol. The molecule has 1 atom stereocenters. The second-order valence-corrected chi connectivity index (χ2v) is 5.90. The molecular weight excluding hydrogens is 294 g/mol. The summed E-state index contributed by atoms with van der Waals surface area (Å²) < 4.78 is 10.9. The third-order valence-corrected chi connectivity index (χ3v) is 4.08. The van der Waals surface area contributed by atoms with Crippen molar-refractivity contribution in [2.45, 2.75) is 37.8 Å². The second kappa shape index (κ2) is 5.91. The van der Waals surface area contributed by atoms with E-state index in [0.29, 0.717) is 30.9 Å². The largest absolute Gasteiger partial charge is 0.493 e. The van der Waals surface area contributed by atoms with Gasteiger partial charge in [0, 0.05) is 17.9 Å². The van der Waals surface area contributed by atoms with Crippen LogP contribution < -0.4 is 15.8 Å². The van der Waals surface area contributed by atoms with E-state index < -0.39 is 0 Å². The van der Waals surface area contributed by atoms with E-state index in [9.17, 15) is 0 Å². The number of benzene rings is 1. The van der Waals surface area contributed by atoms with Crippen molar-refractivity contribution in [2.75, 3.05) is 6.61 Å². The molecule has 0 bridgehead atoms. The van der Waals surface area contributed by atoms with Gasteiger partial charge in [0.05, 0.1) is 12.6 Å².